The highest BCUT2D eigenvalue weighted by Crippen LogP contribution is 2.38. The van der Waals surface area contributed by atoms with Crippen molar-refractivity contribution >= 4 is 22.1 Å². The molecule has 2 aromatic carbocycles. The molecule has 0 aliphatic heterocycles. The molecule has 0 unspecified atom stereocenters. The van der Waals surface area contributed by atoms with Gasteiger partial charge in [0.2, 0.25) is 0 Å². The van der Waals surface area contributed by atoms with Crippen LogP contribution in [0.5, 0.6) is 11.5 Å². The lowest BCUT2D eigenvalue weighted by atomic mass is 10.0. The zero-order chi connectivity index (χ0) is 26.3. The van der Waals surface area contributed by atoms with Crippen molar-refractivity contribution in [1.29, 1.82) is 0 Å². The summed E-state index contributed by atoms with van der Waals surface area (Å²) < 4.78 is 95.6. The number of methoxy groups -OCH3 is 2. The molecule has 0 aliphatic rings. The second-order valence-electron chi connectivity index (χ2n) is 7.40. The number of ether oxygens (including phenoxy) is 2. The van der Waals surface area contributed by atoms with Gasteiger partial charge in [0.1, 0.15) is 0 Å². The first kappa shape index (κ1) is 25.2. The molecular formula is C25H14F6O4S. The van der Waals surface area contributed by atoms with Crippen molar-refractivity contribution in [1.82, 2.24) is 0 Å². The maximum atomic E-state index is 13.3. The van der Waals surface area contributed by atoms with Crippen molar-refractivity contribution in [2.24, 2.45) is 0 Å². The molecule has 4 aromatic rings. The van der Waals surface area contributed by atoms with Crippen LogP contribution in [0.2, 0.25) is 0 Å². The summed E-state index contributed by atoms with van der Waals surface area (Å²) in [5, 5.41) is 3.62. The summed E-state index contributed by atoms with van der Waals surface area (Å²) in [6, 6.07) is 5.50. The van der Waals surface area contributed by atoms with Gasteiger partial charge in [-0.15, -0.1) is 0 Å². The van der Waals surface area contributed by atoms with Crippen molar-refractivity contribution in [2.75, 3.05) is 14.2 Å². The van der Waals surface area contributed by atoms with E-state index in [2.05, 4.69) is 11.8 Å². The highest BCUT2D eigenvalue weighted by atomic mass is 32.1. The normalized spacial score (nSPS) is 11.8. The summed E-state index contributed by atoms with van der Waals surface area (Å²) in [7, 11) is 2.72. The molecule has 36 heavy (non-hydrogen) atoms. The van der Waals surface area contributed by atoms with Gasteiger partial charge >= 0.3 is 18.0 Å². The molecule has 0 spiro atoms. The van der Waals surface area contributed by atoms with Crippen LogP contribution in [0.1, 0.15) is 22.3 Å². The van der Waals surface area contributed by atoms with Gasteiger partial charge in [-0.3, -0.25) is 0 Å². The first-order chi connectivity index (χ1) is 16.9. The third kappa shape index (κ3) is 4.90. The summed E-state index contributed by atoms with van der Waals surface area (Å²) in [4.78, 5) is 12.7. The van der Waals surface area contributed by atoms with E-state index in [9.17, 15) is 31.1 Å². The molecule has 0 saturated heterocycles. The molecule has 0 aliphatic carbocycles. The van der Waals surface area contributed by atoms with Gasteiger partial charge in [-0.25, -0.2) is 4.79 Å². The van der Waals surface area contributed by atoms with E-state index >= 15 is 0 Å². The van der Waals surface area contributed by atoms with Crippen LogP contribution in [-0.2, 0) is 12.4 Å². The van der Waals surface area contributed by atoms with Crippen LogP contribution in [0.15, 0.2) is 56.4 Å². The molecule has 0 N–H and O–H groups in total. The fourth-order valence-electron chi connectivity index (χ4n) is 3.46. The van der Waals surface area contributed by atoms with Crippen LogP contribution in [0.25, 0.3) is 22.1 Å². The maximum Gasteiger partial charge on any atom is 0.416 e. The Labute approximate surface area is 203 Å². The van der Waals surface area contributed by atoms with Gasteiger partial charge in [0, 0.05) is 21.9 Å². The zero-order valence-electron chi connectivity index (χ0n) is 18.4. The Hall–Kier alpha value is -3.91. The Morgan fingerprint density at radius 1 is 0.833 bits per heavy atom. The molecule has 0 saturated carbocycles. The number of thiophene rings is 1. The van der Waals surface area contributed by atoms with Crippen molar-refractivity contribution in [2.45, 2.75) is 12.4 Å². The minimum Gasteiger partial charge on any atom is -0.493 e. The Morgan fingerprint density at radius 3 is 1.92 bits per heavy atom. The molecule has 2 aromatic heterocycles. The summed E-state index contributed by atoms with van der Waals surface area (Å²) in [6.45, 7) is 0. The van der Waals surface area contributed by atoms with E-state index in [1.807, 2.05) is 0 Å². The minimum absolute atomic E-state index is 0.0106. The van der Waals surface area contributed by atoms with E-state index in [0.717, 1.165) is 0 Å². The summed E-state index contributed by atoms with van der Waals surface area (Å²) >= 11 is 1.29. The average molecular weight is 524 g/mol. The molecule has 0 fully saturated rings. The summed E-state index contributed by atoms with van der Waals surface area (Å²) in [5.41, 5.74) is -3.71. The van der Waals surface area contributed by atoms with E-state index < -0.39 is 34.7 Å². The minimum atomic E-state index is -5.02. The predicted octanol–water partition coefficient (Wildman–Crippen LogP) is 6.98. The topological polar surface area (TPSA) is 48.7 Å². The monoisotopic (exact) mass is 524 g/mol. The Morgan fingerprint density at radius 2 is 1.42 bits per heavy atom. The molecule has 2 heterocycles. The van der Waals surface area contributed by atoms with E-state index in [4.69, 9.17) is 13.9 Å². The second kappa shape index (κ2) is 9.28. The van der Waals surface area contributed by atoms with Gasteiger partial charge in [0.25, 0.3) is 0 Å². The number of fused-ring (bicyclic) bond motifs is 1. The van der Waals surface area contributed by atoms with Crippen LogP contribution < -0.4 is 15.1 Å². The molecular weight excluding hydrogens is 510 g/mol. The van der Waals surface area contributed by atoms with E-state index in [1.54, 1.807) is 16.8 Å². The number of rotatable bonds is 3. The number of benzene rings is 2. The molecule has 0 radical (unpaired) electrons. The van der Waals surface area contributed by atoms with Crippen molar-refractivity contribution in [3.63, 3.8) is 0 Å². The Balaban J connectivity index is 2.03. The smallest absolute Gasteiger partial charge is 0.416 e. The van der Waals surface area contributed by atoms with Gasteiger partial charge in [-0.05, 0) is 41.8 Å². The third-order valence-corrected chi connectivity index (χ3v) is 5.82. The molecule has 11 heteroatoms. The number of hydrogen-bond donors (Lipinski definition) is 0. The van der Waals surface area contributed by atoms with Crippen LogP contribution in [0.3, 0.4) is 0 Å². The lowest BCUT2D eigenvalue weighted by molar-refractivity contribution is -0.143. The first-order valence-electron chi connectivity index (χ1n) is 9.99. The summed E-state index contributed by atoms with van der Waals surface area (Å²) in [6.07, 6.45) is -10.0. The van der Waals surface area contributed by atoms with E-state index in [-0.39, 0.29) is 39.7 Å². The molecule has 186 valence electrons. The van der Waals surface area contributed by atoms with Gasteiger partial charge in [-0.1, -0.05) is 11.8 Å². The van der Waals surface area contributed by atoms with Crippen LogP contribution >= 0.6 is 11.3 Å². The fraction of sp³-hybridized carbons (Fsp3) is 0.160. The maximum absolute atomic E-state index is 13.3. The molecule has 0 amide bonds. The van der Waals surface area contributed by atoms with Crippen molar-refractivity contribution in [3.05, 3.63) is 79.8 Å². The number of alkyl halides is 6. The van der Waals surface area contributed by atoms with E-state index in [1.165, 1.54) is 37.7 Å². The summed E-state index contributed by atoms with van der Waals surface area (Å²) in [5.74, 6) is 5.47. The fourth-order valence-corrected chi connectivity index (χ4v) is 4.09. The van der Waals surface area contributed by atoms with E-state index in [0.29, 0.717) is 17.7 Å². The van der Waals surface area contributed by atoms with Crippen molar-refractivity contribution < 1.29 is 40.2 Å². The predicted molar refractivity (Wildman–Crippen MR) is 121 cm³/mol. The van der Waals surface area contributed by atoms with Crippen molar-refractivity contribution in [3.8, 4) is 34.7 Å². The van der Waals surface area contributed by atoms with Gasteiger partial charge in [0.05, 0.1) is 36.3 Å². The average Bonchev–Trinajstić information content (AvgIpc) is 3.36. The largest absolute Gasteiger partial charge is 0.493 e. The standard InChI is InChI=1S/C25H14F6O4S/c1-33-20-10-18-17(4-3-13-7-15(24(26,27)28)9-16(8-13)25(29,30)31)22(14-5-6-36-12-14)35-23(32)19(18)11-21(20)34-2/h5-12H,1-2H3. The Kier molecular flexibility index (Phi) is 6.49. The van der Waals surface area contributed by atoms with Crippen LogP contribution in [0, 0.1) is 11.8 Å². The van der Waals surface area contributed by atoms with Crippen LogP contribution in [0.4, 0.5) is 26.3 Å². The lowest BCUT2D eigenvalue weighted by Crippen LogP contribution is -2.11. The molecule has 4 rings (SSSR count). The van der Waals surface area contributed by atoms with Gasteiger partial charge < -0.3 is 13.9 Å². The lowest BCUT2D eigenvalue weighted by Gasteiger charge is -2.12. The van der Waals surface area contributed by atoms with Crippen LogP contribution in [-0.4, -0.2) is 14.2 Å². The SMILES string of the molecule is COc1cc2c(C#Cc3cc(C(F)(F)F)cc(C(F)(F)F)c3)c(-c3ccsc3)oc(=O)c2cc1OC. The molecule has 0 bridgehead atoms. The number of hydrogen-bond acceptors (Lipinski definition) is 5. The molecule has 0 atom stereocenters. The second-order valence-corrected chi connectivity index (χ2v) is 8.18. The first-order valence-corrected chi connectivity index (χ1v) is 10.9. The number of halogens is 6. The highest BCUT2D eigenvalue weighted by Gasteiger charge is 2.36. The van der Waals surface area contributed by atoms with Gasteiger partial charge in [0.15, 0.2) is 17.3 Å². The molecule has 4 nitrogen and oxygen atoms in total. The third-order valence-electron chi connectivity index (χ3n) is 5.14. The highest BCUT2D eigenvalue weighted by molar-refractivity contribution is 7.08. The zero-order valence-corrected chi connectivity index (χ0v) is 19.2. The van der Waals surface area contributed by atoms with Gasteiger partial charge in [-0.2, -0.15) is 37.7 Å². The quantitative estimate of drug-likeness (QED) is 0.214. The Bertz CT molecular complexity index is 1520.